The smallest absolute Gasteiger partial charge is 0.220 e. The number of carbonyl (C=O) groups is 2. The van der Waals surface area contributed by atoms with Gasteiger partial charge in [0.1, 0.15) is 11.9 Å². The molecule has 1 fully saturated rings. The van der Waals surface area contributed by atoms with Crippen LogP contribution in [-0.2, 0) is 11.2 Å². The number of hydrogen-bond acceptors (Lipinski definition) is 3. The van der Waals surface area contributed by atoms with Gasteiger partial charge in [-0.2, -0.15) is 0 Å². The van der Waals surface area contributed by atoms with Gasteiger partial charge in [-0.25, -0.2) is 0 Å². The first-order valence-electron chi connectivity index (χ1n) is 10.3. The summed E-state index contributed by atoms with van der Waals surface area (Å²) < 4.78 is 6.01. The second-order valence-electron chi connectivity index (χ2n) is 8.03. The van der Waals surface area contributed by atoms with Crippen LogP contribution in [0.4, 0.5) is 0 Å². The molecule has 4 rings (SSSR count). The minimum Gasteiger partial charge on any atom is -0.488 e. The van der Waals surface area contributed by atoms with Gasteiger partial charge in [0.05, 0.1) is 6.54 Å². The Balaban J connectivity index is 1.39. The molecule has 2 aromatic carbocycles. The van der Waals surface area contributed by atoms with E-state index in [0.29, 0.717) is 18.9 Å². The van der Waals surface area contributed by atoms with Crippen LogP contribution in [0.3, 0.4) is 0 Å². The lowest BCUT2D eigenvalue weighted by Crippen LogP contribution is -2.35. The summed E-state index contributed by atoms with van der Waals surface area (Å²) in [5, 5.41) is 3.05. The van der Waals surface area contributed by atoms with Gasteiger partial charge in [-0.05, 0) is 54.5 Å². The van der Waals surface area contributed by atoms with Gasteiger partial charge in [-0.1, -0.05) is 43.2 Å². The summed E-state index contributed by atoms with van der Waals surface area (Å²) in [5.74, 6) is 1.64. The van der Waals surface area contributed by atoms with E-state index in [0.717, 1.165) is 34.4 Å². The molecule has 1 amide bonds. The second-order valence-corrected chi connectivity index (χ2v) is 8.03. The fourth-order valence-corrected chi connectivity index (χ4v) is 4.42. The first-order chi connectivity index (χ1) is 13.6. The van der Waals surface area contributed by atoms with Crippen LogP contribution in [-0.4, -0.2) is 24.3 Å². The molecule has 0 aromatic heterocycles. The van der Waals surface area contributed by atoms with E-state index >= 15 is 0 Å². The first-order valence-corrected chi connectivity index (χ1v) is 10.3. The highest BCUT2D eigenvalue weighted by molar-refractivity contribution is 6.00. The maximum atomic E-state index is 12.2. The van der Waals surface area contributed by atoms with Crippen molar-refractivity contribution in [1.82, 2.24) is 5.32 Å². The third-order valence-corrected chi connectivity index (χ3v) is 5.89. The van der Waals surface area contributed by atoms with Crippen LogP contribution in [0.2, 0.25) is 0 Å². The molecule has 1 aliphatic heterocycles. The molecule has 1 heterocycles. The van der Waals surface area contributed by atoms with Crippen molar-refractivity contribution in [3.8, 4) is 16.9 Å². The zero-order valence-electron chi connectivity index (χ0n) is 16.4. The van der Waals surface area contributed by atoms with Crippen LogP contribution >= 0.6 is 0 Å². The fourth-order valence-electron chi connectivity index (χ4n) is 4.42. The molecule has 146 valence electrons. The van der Waals surface area contributed by atoms with Crippen LogP contribution in [0.5, 0.6) is 5.75 Å². The number of nitrogens with one attached hydrogen (secondary N) is 1. The Morgan fingerprint density at radius 3 is 2.68 bits per heavy atom. The molecule has 4 heteroatoms. The monoisotopic (exact) mass is 377 g/mol. The van der Waals surface area contributed by atoms with E-state index < -0.39 is 0 Å². The van der Waals surface area contributed by atoms with Gasteiger partial charge >= 0.3 is 0 Å². The van der Waals surface area contributed by atoms with E-state index in [9.17, 15) is 9.59 Å². The van der Waals surface area contributed by atoms with E-state index in [1.54, 1.807) is 6.92 Å². The molecule has 0 radical (unpaired) electrons. The Bertz CT molecular complexity index is 883. The fraction of sp³-hybridized carbons (Fsp3) is 0.417. The average molecular weight is 377 g/mol. The van der Waals surface area contributed by atoms with Gasteiger partial charge < -0.3 is 10.1 Å². The SMILES string of the molecule is CC(=O)c1ccccc1-c1ccc2c(c1)C[C@@H](CNC(=O)CC1CCCC1)O2. The molecule has 1 saturated carbocycles. The topological polar surface area (TPSA) is 55.4 Å². The van der Waals surface area contributed by atoms with E-state index in [4.69, 9.17) is 4.74 Å². The number of fused-ring (bicyclic) bond motifs is 1. The van der Waals surface area contributed by atoms with Gasteiger partial charge in [0, 0.05) is 18.4 Å². The molecular formula is C24H27NO3. The van der Waals surface area contributed by atoms with Gasteiger partial charge in [0.25, 0.3) is 0 Å². The molecule has 0 unspecified atom stereocenters. The minimum absolute atomic E-state index is 0.0270. The number of hydrogen-bond donors (Lipinski definition) is 1. The Morgan fingerprint density at radius 2 is 1.89 bits per heavy atom. The van der Waals surface area contributed by atoms with E-state index in [1.807, 2.05) is 36.4 Å². The zero-order chi connectivity index (χ0) is 19.5. The number of rotatable bonds is 6. The predicted molar refractivity (Wildman–Crippen MR) is 110 cm³/mol. The average Bonchev–Trinajstić information content (AvgIpc) is 3.35. The molecule has 1 aliphatic carbocycles. The van der Waals surface area contributed by atoms with Crippen molar-refractivity contribution in [1.29, 1.82) is 0 Å². The van der Waals surface area contributed by atoms with Crippen LogP contribution in [0.1, 0.15) is 54.9 Å². The Hall–Kier alpha value is -2.62. The lowest BCUT2D eigenvalue weighted by Gasteiger charge is -2.13. The number of ether oxygens (including phenoxy) is 1. The van der Waals surface area contributed by atoms with E-state index in [-0.39, 0.29) is 17.8 Å². The molecule has 0 saturated heterocycles. The lowest BCUT2D eigenvalue weighted by atomic mass is 9.95. The van der Waals surface area contributed by atoms with Crippen molar-refractivity contribution in [2.75, 3.05) is 6.54 Å². The van der Waals surface area contributed by atoms with Crippen molar-refractivity contribution < 1.29 is 14.3 Å². The quantitative estimate of drug-likeness (QED) is 0.751. The molecule has 1 atom stereocenters. The summed E-state index contributed by atoms with van der Waals surface area (Å²) in [6, 6.07) is 13.8. The van der Waals surface area contributed by atoms with Crippen LogP contribution < -0.4 is 10.1 Å². The van der Waals surface area contributed by atoms with Crippen LogP contribution in [0, 0.1) is 5.92 Å². The molecule has 28 heavy (non-hydrogen) atoms. The Morgan fingerprint density at radius 1 is 1.11 bits per heavy atom. The number of ketones is 1. The van der Waals surface area contributed by atoms with Crippen molar-refractivity contribution in [2.24, 2.45) is 5.92 Å². The molecule has 4 nitrogen and oxygen atoms in total. The van der Waals surface area contributed by atoms with Gasteiger partial charge in [-0.15, -0.1) is 0 Å². The van der Waals surface area contributed by atoms with Crippen LogP contribution in [0.25, 0.3) is 11.1 Å². The van der Waals surface area contributed by atoms with Crippen molar-refractivity contribution >= 4 is 11.7 Å². The highest BCUT2D eigenvalue weighted by Gasteiger charge is 2.25. The third-order valence-electron chi connectivity index (χ3n) is 5.89. The number of carbonyl (C=O) groups excluding carboxylic acids is 2. The van der Waals surface area contributed by atoms with Crippen molar-refractivity contribution in [2.45, 2.75) is 51.6 Å². The molecular weight excluding hydrogens is 350 g/mol. The Labute approximate surface area is 166 Å². The van der Waals surface area contributed by atoms with Gasteiger partial charge in [0.2, 0.25) is 5.91 Å². The van der Waals surface area contributed by atoms with E-state index in [2.05, 4.69) is 11.4 Å². The molecule has 1 N–H and O–H groups in total. The minimum atomic E-state index is -0.0270. The summed E-state index contributed by atoms with van der Waals surface area (Å²) >= 11 is 0. The van der Waals surface area contributed by atoms with Crippen LogP contribution in [0.15, 0.2) is 42.5 Å². The maximum absolute atomic E-state index is 12.2. The number of benzene rings is 2. The van der Waals surface area contributed by atoms with Gasteiger partial charge in [-0.3, -0.25) is 9.59 Å². The summed E-state index contributed by atoms with van der Waals surface area (Å²) in [6.07, 6.45) is 6.27. The maximum Gasteiger partial charge on any atom is 0.220 e. The standard InChI is InChI=1S/C24H27NO3/c1-16(26)21-8-4-5-9-22(21)18-10-11-23-19(13-18)14-20(28-23)15-25-24(27)12-17-6-2-3-7-17/h4-5,8-11,13,17,20H,2-3,6-7,12,14-15H2,1H3,(H,25,27)/t20-/m0/s1. The first kappa shape index (κ1) is 18.7. The Kier molecular flexibility index (Phi) is 5.47. The lowest BCUT2D eigenvalue weighted by molar-refractivity contribution is -0.122. The highest BCUT2D eigenvalue weighted by atomic mass is 16.5. The van der Waals surface area contributed by atoms with E-state index in [1.165, 1.54) is 25.7 Å². The zero-order valence-corrected chi connectivity index (χ0v) is 16.4. The highest BCUT2D eigenvalue weighted by Crippen LogP contribution is 2.34. The van der Waals surface area contributed by atoms with Crippen molar-refractivity contribution in [3.05, 3.63) is 53.6 Å². The molecule has 2 aromatic rings. The predicted octanol–water partition coefficient (Wildman–Crippen LogP) is 4.56. The molecule has 0 spiro atoms. The number of amides is 1. The second kappa shape index (κ2) is 8.17. The molecule has 2 aliphatic rings. The summed E-state index contributed by atoms with van der Waals surface area (Å²) in [6.45, 7) is 2.14. The largest absolute Gasteiger partial charge is 0.488 e. The van der Waals surface area contributed by atoms with Crippen molar-refractivity contribution in [3.63, 3.8) is 0 Å². The third kappa shape index (κ3) is 4.11. The molecule has 0 bridgehead atoms. The summed E-state index contributed by atoms with van der Waals surface area (Å²) in [4.78, 5) is 24.1. The summed E-state index contributed by atoms with van der Waals surface area (Å²) in [5.41, 5.74) is 3.84. The van der Waals surface area contributed by atoms with Gasteiger partial charge in [0.15, 0.2) is 5.78 Å². The summed E-state index contributed by atoms with van der Waals surface area (Å²) in [7, 11) is 0. The normalized spacial score (nSPS) is 18.5. The number of Topliss-reactive ketones (excluding diaryl/α,β-unsaturated/α-hetero) is 1.